The lowest BCUT2D eigenvalue weighted by molar-refractivity contribution is -0.140. The summed E-state index contributed by atoms with van der Waals surface area (Å²) in [5, 5.41) is 15.5. The Kier molecular flexibility index (Phi) is 13.1. The first kappa shape index (κ1) is 35.5. The Balaban J connectivity index is 2.08. The molecule has 0 radical (unpaired) electrons. The maximum atomic E-state index is 14.6. The van der Waals surface area contributed by atoms with Gasteiger partial charge in [0.25, 0.3) is 5.91 Å². The first-order valence-corrected chi connectivity index (χ1v) is 15.5. The number of phenolic OH excluding ortho intramolecular Hbond substituents is 1. The van der Waals surface area contributed by atoms with Crippen LogP contribution < -0.4 is 15.4 Å². The Bertz CT molecular complexity index is 1470. The van der Waals surface area contributed by atoms with Gasteiger partial charge in [0.05, 0.1) is 7.11 Å². The van der Waals surface area contributed by atoms with Crippen molar-refractivity contribution >= 4 is 23.6 Å². The summed E-state index contributed by atoms with van der Waals surface area (Å²) < 4.78 is 10.8. The van der Waals surface area contributed by atoms with E-state index in [1.165, 1.54) is 17.0 Å². The van der Waals surface area contributed by atoms with Gasteiger partial charge >= 0.3 is 6.09 Å². The predicted octanol–water partition coefficient (Wildman–Crippen LogP) is 6.61. The summed E-state index contributed by atoms with van der Waals surface area (Å²) in [5.74, 6) is 2.43. The van der Waals surface area contributed by atoms with Crippen LogP contribution in [0.15, 0.2) is 72.8 Å². The third-order valence-electron chi connectivity index (χ3n) is 7.21. The maximum Gasteiger partial charge on any atom is 0.408 e. The van der Waals surface area contributed by atoms with E-state index >= 15 is 0 Å². The molecule has 9 heteroatoms. The largest absolute Gasteiger partial charge is 0.508 e. The molecule has 9 nitrogen and oxygen atoms in total. The van der Waals surface area contributed by atoms with E-state index in [2.05, 4.69) is 23.5 Å². The molecule has 0 aromatic heterocycles. The van der Waals surface area contributed by atoms with Crippen LogP contribution in [0.4, 0.5) is 10.5 Å². The van der Waals surface area contributed by atoms with Crippen LogP contribution in [0.1, 0.15) is 76.1 Å². The Morgan fingerprint density at radius 1 is 0.935 bits per heavy atom. The number of nitrogens with zero attached hydrogens (tertiary/aromatic N) is 1. The first-order valence-electron chi connectivity index (χ1n) is 15.5. The van der Waals surface area contributed by atoms with E-state index < -0.39 is 35.6 Å². The van der Waals surface area contributed by atoms with Crippen LogP contribution in [0.25, 0.3) is 0 Å². The summed E-state index contributed by atoms with van der Waals surface area (Å²) >= 11 is 0. The van der Waals surface area contributed by atoms with Gasteiger partial charge in [-0.05, 0) is 86.8 Å². The molecular formula is C37H45N3O6. The number of methoxy groups -OCH3 is 1. The van der Waals surface area contributed by atoms with Crippen molar-refractivity contribution in [2.45, 2.75) is 77.5 Å². The third kappa shape index (κ3) is 10.9. The molecule has 0 fully saturated rings. The van der Waals surface area contributed by atoms with E-state index in [0.717, 1.165) is 19.3 Å². The van der Waals surface area contributed by atoms with Gasteiger partial charge in [0.15, 0.2) is 0 Å². The molecule has 3 amide bonds. The zero-order valence-electron chi connectivity index (χ0n) is 27.3. The number of unbranched alkanes of at least 4 members (excludes halogenated alkanes) is 3. The lowest BCUT2D eigenvalue weighted by atomic mass is 9.98. The highest BCUT2D eigenvalue weighted by molar-refractivity contribution is 5.99. The SMILES string of the molecule is C#Cc1ccc(C(C(=O)Nc2ccc(OC)cc2)N(CCCCCC)C(=O)C(Cc2ccc(O)cc2)NC(=O)OC(C)(C)C)cc1. The molecule has 2 atom stereocenters. The Morgan fingerprint density at radius 3 is 2.15 bits per heavy atom. The number of benzene rings is 3. The summed E-state index contributed by atoms with van der Waals surface area (Å²) in [6, 6.07) is 18.2. The second-order valence-corrected chi connectivity index (χ2v) is 12.0. The van der Waals surface area contributed by atoms with Gasteiger partial charge in [0.2, 0.25) is 5.91 Å². The number of alkyl carbamates (subject to hydrolysis) is 1. The second kappa shape index (κ2) is 16.9. The number of amides is 3. The molecule has 3 N–H and O–H groups in total. The quantitative estimate of drug-likeness (QED) is 0.137. The number of ether oxygens (including phenoxy) is 2. The van der Waals surface area contributed by atoms with E-state index in [4.69, 9.17) is 15.9 Å². The van der Waals surface area contributed by atoms with Gasteiger partial charge in [0.1, 0.15) is 29.2 Å². The molecule has 0 aliphatic heterocycles. The van der Waals surface area contributed by atoms with Gasteiger partial charge in [-0.2, -0.15) is 0 Å². The van der Waals surface area contributed by atoms with Crippen molar-refractivity contribution in [3.8, 4) is 23.8 Å². The van der Waals surface area contributed by atoms with E-state index in [-0.39, 0.29) is 18.7 Å². The third-order valence-corrected chi connectivity index (χ3v) is 7.21. The van der Waals surface area contributed by atoms with E-state index in [1.54, 1.807) is 88.5 Å². The number of carbonyl (C=O) groups is 3. The van der Waals surface area contributed by atoms with Crippen molar-refractivity contribution in [3.63, 3.8) is 0 Å². The van der Waals surface area contributed by atoms with Crippen LogP contribution >= 0.6 is 0 Å². The van der Waals surface area contributed by atoms with Crippen LogP contribution in [0, 0.1) is 12.3 Å². The van der Waals surface area contributed by atoms with Crippen LogP contribution in [0.2, 0.25) is 0 Å². The predicted molar refractivity (Wildman–Crippen MR) is 180 cm³/mol. The van der Waals surface area contributed by atoms with Crippen LogP contribution in [-0.4, -0.2) is 53.2 Å². The highest BCUT2D eigenvalue weighted by Gasteiger charge is 2.36. The molecule has 0 aliphatic carbocycles. The molecule has 244 valence electrons. The Labute approximate surface area is 272 Å². The van der Waals surface area contributed by atoms with Gasteiger partial charge in [-0.15, -0.1) is 6.42 Å². The molecular weight excluding hydrogens is 582 g/mol. The number of hydrogen-bond acceptors (Lipinski definition) is 6. The minimum Gasteiger partial charge on any atom is -0.508 e. The molecule has 0 heterocycles. The van der Waals surface area contributed by atoms with Gasteiger partial charge < -0.3 is 30.1 Å². The molecule has 3 aromatic carbocycles. The van der Waals surface area contributed by atoms with Crippen molar-refractivity contribution < 1.29 is 29.0 Å². The van der Waals surface area contributed by atoms with E-state index in [9.17, 15) is 19.5 Å². The Morgan fingerprint density at radius 2 is 1.59 bits per heavy atom. The van der Waals surface area contributed by atoms with Crippen LogP contribution in [0.5, 0.6) is 11.5 Å². The monoisotopic (exact) mass is 627 g/mol. The molecule has 0 spiro atoms. The average Bonchev–Trinajstić information content (AvgIpc) is 3.02. The zero-order chi connectivity index (χ0) is 33.7. The summed E-state index contributed by atoms with van der Waals surface area (Å²) in [7, 11) is 1.56. The van der Waals surface area contributed by atoms with Crippen molar-refractivity contribution in [1.82, 2.24) is 10.2 Å². The average molecular weight is 628 g/mol. The number of rotatable bonds is 14. The van der Waals surface area contributed by atoms with Gasteiger partial charge in [-0.25, -0.2) is 4.79 Å². The lowest BCUT2D eigenvalue weighted by Gasteiger charge is -2.34. The number of terminal acetylenes is 1. The molecule has 3 aromatic rings. The van der Waals surface area contributed by atoms with Gasteiger partial charge in [-0.1, -0.05) is 56.4 Å². The molecule has 0 aliphatic rings. The second-order valence-electron chi connectivity index (χ2n) is 12.0. The maximum absolute atomic E-state index is 14.6. The fraction of sp³-hybridized carbons (Fsp3) is 0.378. The topological polar surface area (TPSA) is 117 Å². The van der Waals surface area contributed by atoms with Crippen LogP contribution in [0.3, 0.4) is 0 Å². The summed E-state index contributed by atoms with van der Waals surface area (Å²) in [6.45, 7) is 7.58. The van der Waals surface area contributed by atoms with Crippen molar-refractivity contribution in [1.29, 1.82) is 0 Å². The fourth-order valence-corrected chi connectivity index (χ4v) is 4.91. The van der Waals surface area contributed by atoms with E-state index in [0.29, 0.717) is 34.5 Å². The molecule has 0 saturated heterocycles. The fourth-order valence-electron chi connectivity index (χ4n) is 4.91. The number of hydrogen-bond donors (Lipinski definition) is 3. The van der Waals surface area contributed by atoms with E-state index in [1.807, 2.05) is 0 Å². The standard InChI is InChI=1S/C37H45N3O6/c1-7-9-10-11-24-40(35(43)32(39-36(44)46-37(3,4)5)25-27-14-20-30(41)21-15-27)33(28-16-12-26(8-2)13-17-28)34(42)38-29-18-22-31(45-6)23-19-29/h2,12-23,32-33,41H,7,9-11,24-25H2,1,3-6H3,(H,38,42)(H,39,44). The summed E-state index contributed by atoms with van der Waals surface area (Å²) in [6.07, 6.45) is 8.41. The first-order chi connectivity index (χ1) is 21.9. The van der Waals surface area contributed by atoms with Crippen molar-refractivity contribution in [2.24, 2.45) is 0 Å². The van der Waals surface area contributed by atoms with Crippen molar-refractivity contribution in [3.05, 3.63) is 89.5 Å². The number of aromatic hydroxyl groups is 1. The van der Waals surface area contributed by atoms with Crippen molar-refractivity contribution in [2.75, 3.05) is 19.0 Å². The highest BCUT2D eigenvalue weighted by atomic mass is 16.6. The van der Waals surface area contributed by atoms with Gasteiger partial charge in [0, 0.05) is 24.2 Å². The number of carbonyl (C=O) groups excluding carboxylic acids is 3. The van der Waals surface area contributed by atoms with Gasteiger partial charge in [-0.3, -0.25) is 9.59 Å². The number of phenols is 1. The number of anilines is 1. The number of nitrogens with one attached hydrogen (secondary N) is 2. The molecule has 46 heavy (non-hydrogen) atoms. The smallest absolute Gasteiger partial charge is 0.408 e. The molecule has 2 unspecified atom stereocenters. The molecule has 0 bridgehead atoms. The minimum absolute atomic E-state index is 0.0787. The summed E-state index contributed by atoms with van der Waals surface area (Å²) in [4.78, 5) is 43.4. The summed E-state index contributed by atoms with van der Waals surface area (Å²) in [5.41, 5.74) is 1.64. The minimum atomic E-state index is -1.08. The normalized spacial score (nSPS) is 12.3. The zero-order valence-corrected chi connectivity index (χ0v) is 27.3. The Hall–Kier alpha value is -4.97. The lowest BCUT2D eigenvalue weighted by Crippen LogP contribution is -2.53. The van der Waals surface area contributed by atoms with Crippen LogP contribution in [-0.2, 0) is 20.7 Å². The molecule has 0 saturated carbocycles. The molecule has 3 rings (SSSR count). The highest BCUT2D eigenvalue weighted by Crippen LogP contribution is 2.27.